The Bertz CT molecular complexity index is 968. The van der Waals surface area contributed by atoms with E-state index in [1.807, 2.05) is 0 Å². The van der Waals surface area contributed by atoms with Crippen molar-refractivity contribution in [3.05, 3.63) is 51.8 Å². The average molecular weight is 430 g/mol. The van der Waals surface area contributed by atoms with Gasteiger partial charge in [-0.3, -0.25) is 9.36 Å². The lowest BCUT2D eigenvalue weighted by Gasteiger charge is -2.39. The third-order valence-electron chi connectivity index (χ3n) is 5.22. The largest absolute Gasteiger partial charge is 0.408 e. The number of hydrogen-bond donors (Lipinski definition) is 0. The van der Waals surface area contributed by atoms with Crippen molar-refractivity contribution in [2.24, 2.45) is 0 Å². The van der Waals surface area contributed by atoms with Crippen LogP contribution in [0, 0.1) is 11.6 Å². The molecule has 11 heteroatoms. The second-order valence-electron chi connectivity index (χ2n) is 7.26. The maximum absolute atomic E-state index is 13.8. The highest BCUT2D eigenvalue weighted by atomic mass is 19.4. The van der Waals surface area contributed by atoms with E-state index in [9.17, 15) is 26.7 Å². The van der Waals surface area contributed by atoms with Crippen LogP contribution >= 0.6 is 0 Å². The van der Waals surface area contributed by atoms with E-state index in [-0.39, 0.29) is 30.3 Å². The molecule has 6 nitrogen and oxygen atoms in total. The number of benzene rings is 1. The Balaban J connectivity index is 1.78. The summed E-state index contributed by atoms with van der Waals surface area (Å²) in [7, 11) is 0. The second kappa shape index (κ2) is 7.86. The summed E-state index contributed by atoms with van der Waals surface area (Å²) in [5, 5.41) is 0. The van der Waals surface area contributed by atoms with Gasteiger partial charge in [-0.05, 0) is 24.1 Å². The Morgan fingerprint density at radius 2 is 1.70 bits per heavy atom. The number of hydrogen-bond acceptors (Lipinski definition) is 5. The summed E-state index contributed by atoms with van der Waals surface area (Å²) in [5.74, 6) is -1.69. The Hall–Kier alpha value is -2.69. The summed E-state index contributed by atoms with van der Waals surface area (Å²) in [6.07, 6.45) is -4.98. The molecule has 1 atom stereocenters. The molecule has 1 aromatic heterocycles. The summed E-state index contributed by atoms with van der Waals surface area (Å²) in [6, 6.07) is 1.95. The number of anilines is 2. The number of nitrogens with zero attached hydrogens (tertiary/aromatic N) is 4. The van der Waals surface area contributed by atoms with Crippen LogP contribution in [0.4, 0.5) is 33.7 Å². The number of aromatic nitrogens is 2. The molecule has 0 bridgehead atoms. The molecule has 4 rings (SSSR count). The third-order valence-corrected chi connectivity index (χ3v) is 5.22. The molecule has 3 heterocycles. The molecule has 1 saturated heterocycles. The molecule has 2 aliphatic rings. The Labute approximate surface area is 168 Å². The highest BCUT2D eigenvalue weighted by molar-refractivity contribution is 5.47. The Morgan fingerprint density at radius 1 is 1.03 bits per heavy atom. The van der Waals surface area contributed by atoms with Gasteiger partial charge in [0, 0.05) is 38.3 Å². The van der Waals surface area contributed by atoms with Gasteiger partial charge in [-0.2, -0.15) is 18.2 Å². The fourth-order valence-corrected chi connectivity index (χ4v) is 3.83. The molecular formula is C19H19F5N4O2. The van der Waals surface area contributed by atoms with Crippen molar-refractivity contribution in [1.82, 2.24) is 9.55 Å². The third kappa shape index (κ3) is 4.11. The van der Waals surface area contributed by atoms with Crippen molar-refractivity contribution in [2.45, 2.75) is 31.7 Å². The summed E-state index contributed by atoms with van der Waals surface area (Å²) >= 11 is 0. The minimum absolute atomic E-state index is 0.0150. The van der Waals surface area contributed by atoms with Gasteiger partial charge in [0.25, 0.3) is 5.56 Å². The van der Waals surface area contributed by atoms with Crippen LogP contribution in [0.5, 0.6) is 0 Å². The van der Waals surface area contributed by atoms with Crippen LogP contribution in [0.15, 0.2) is 29.1 Å². The van der Waals surface area contributed by atoms with Crippen LogP contribution in [0.25, 0.3) is 0 Å². The first-order chi connectivity index (χ1) is 14.2. The number of halogens is 5. The van der Waals surface area contributed by atoms with Gasteiger partial charge in [0.15, 0.2) is 0 Å². The van der Waals surface area contributed by atoms with Gasteiger partial charge in [0.05, 0.1) is 13.2 Å². The van der Waals surface area contributed by atoms with Crippen molar-refractivity contribution < 1.29 is 26.7 Å². The zero-order valence-electron chi connectivity index (χ0n) is 15.8. The topological polar surface area (TPSA) is 50.6 Å². The molecule has 0 N–H and O–H groups in total. The maximum atomic E-state index is 13.8. The maximum Gasteiger partial charge on any atom is 0.408 e. The van der Waals surface area contributed by atoms with Gasteiger partial charge in [0.1, 0.15) is 23.5 Å². The lowest BCUT2D eigenvalue weighted by molar-refractivity contribution is -0.153. The molecule has 1 unspecified atom stereocenters. The lowest BCUT2D eigenvalue weighted by atomic mass is 10.1. The van der Waals surface area contributed by atoms with Crippen molar-refractivity contribution >= 4 is 11.8 Å². The van der Waals surface area contributed by atoms with Gasteiger partial charge >= 0.3 is 6.18 Å². The van der Waals surface area contributed by atoms with Gasteiger partial charge in [0.2, 0.25) is 5.95 Å². The van der Waals surface area contributed by atoms with E-state index >= 15 is 0 Å². The Morgan fingerprint density at radius 3 is 2.33 bits per heavy atom. The van der Waals surface area contributed by atoms with Crippen molar-refractivity contribution in [2.75, 3.05) is 36.1 Å². The molecule has 0 spiro atoms. The first-order valence-electron chi connectivity index (χ1n) is 9.45. The average Bonchev–Trinajstić information content (AvgIpc) is 2.67. The molecule has 2 aliphatic heterocycles. The van der Waals surface area contributed by atoms with Crippen molar-refractivity contribution in [3.8, 4) is 0 Å². The first-order valence-corrected chi connectivity index (χ1v) is 9.45. The summed E-state index contributed by atoms with van der Waals surface area (Å²) in [6.45, 7) is 1.14. The van der Waals surface area contributed by atoms with Crippen molar-refractivity contribution in [1.29, 1.82) is 0 Å². The molecule has 1 aromatic carbocycles. The van der Waals surface area contributed by atoms with Gasteiger partial charge in [-0.25, -0.2) is 8.78 Å². The molecule has 2 aromatic rings. The quantitative estimate of drug-likeness (QED) is 0.701. The number of morpholine rings is 1. The second-order valence-corrected chi connectivity index (χ2v) is 7.26. The van der Waals surface area contributed by atoms with E-state index in [1.165, 1.54) is 10.6 Å². The van der Waals surface area contributed by atoms with E-state index in [0.717, 1.165) is 17.0 Å². The standard InChI is InChI=1S/C19H19F5N4O2/c20-13-7-12(8-14(21)9-13)11-28-15(19(22,23)24)1-2-27-17(29)10-16(25-18(27)28)26-3-5-30-6-4-26/h7-10,15H,1-6,11H2. The van der Waals surface area contributed by atoms with Crippen LogP contribution in [-0.4, -0.2) is 48.1 Å². The van der Waals surface area contributed by atoms with E-state index < -0.39 is 36.0 Å². The normalized spacial score (nSPS) is 19.7. The minimum Gasteiger partial charge on any atom is -0.378 e. The zero-order chi connectivity index (χ0) is 21.5. The monoisotopic (exact) mass is 430 g/mol. The summed E-state index contributed by atoms with van der Waals surface area (Å²) in [5.41, 5.74) is -0.459. The number of fused-ring (bicyclic) bond motifs is 1. The number of ether oxygens (including phenoxy) is 1. The van der Waals surface area contributed by atoms with Crippen molar-refractivity contribution in [3.63, 3.8) is 0 Å². The minimum atomic E-state index is -4.61. The van der Waals surface area contributed by atoms with E-state index in [4.69, 9.17) is 4.74 Å². The van der Waals surface area contributed by atoms with E-state index in [1.54, 1.807) is 4.90 Å². The molecule has 0 aliphatic carbocycles. The number of rotatable bonds is 3. The van der Waals surface area contributed by atoms with E-state index in [0.29, 0.717) is 32.4 Å². The van der Waals surface area contributed by atoms with Crippen LogP contribution < -0.4 is 15.4 Å². The van der Waals surface area contributed by atoms with Crippen LogP contribution in [0.1, 0.15) is 12.0 Å². The highest BCUT2D eigenvalue weighted by Crippen LogP contribution is 2.35. The zero-order valence-corrected chi connectivity index (χ0v) is 15.8. The molecule has 1 fully saturated rings. The first kappa shape index (κ1) is 20.6. The fourth-order valence-electron chi connectivity index (χ4n) is 3.83. The smallest absolute Gasteiger partial charge is 0.378 e. The van der Waals surface area contributed by atoms with Gasteiger partial charge in [-0.1, -0.05) is 0 Å². The molecule has 0 amide bonds. The SMILES string of the molecule is O=c1cc(N2CCOCC2)nc2n1CCC(C(F)(F)F)N2Cc1cc(F)cc(F)c1. The predicted molar refractivity (Wildman–Crippen MR) is 98.5 cm³/mol. The van der Waals surface area contributed by atoms with Crippen LogP contribution in [0.2, 0.25) is 0 Å². The number of alkyl halides is 3. The van der Waals surface area contributed by atoms with Gasteiger partial charge < -0.3 is 14.5 Å². The summed E-state index contributed by atoms with van der Waals surface area (Å²) in [4.78, 5) is 19.7. The fraction of sp³-hybridized carbons (Fsp3) is 0.474. The van der Waals surface area contributed by atoms with Crippen LogP contribution in [0.3, 0.4) is 0 Å². The molecule has 0 saturated carbocycles. The molecule has 162 valence electrons. The highest BCUT2D eigenvalue weighted by Gasteiger charge is 2.47. The summed E-state index contributed by atoms with van der Waals surface area (Å²) < 4.78 is 75.0. The molecular weight excluding hydrogens is 411 g/mol. The van der Waals surface area contributed by atoms with Crippen LogP contribution in [-0.2, 0) is 17.8 Å². The lowest BCUT2D eigenvalue weighted by Crippen LogP contribution is -2.52. The molecule has 0 radical (unpaired) electrons. The van der Waals surface area contributed by atoms with E-state index in [2.05, 4.69) is 4.98 Å². The Kier molecular flexibility index (Phi) is 5.39. The van der Waals surface area contributed by atoms with Gasteiger partial charge in [-0.15, -0.1) is 0 Å². The molecule has 30 heavy (non-hydrogen) atoms. The predicted octanol–water partition coefficient (Wildman–Crippen LogP) is 2.70.